The van der Waals surface area contributed by atoms with Crippen molar-refractivity contribution in [2.45, 2.75) is 52.6 Å². The molecule has 0 spiro atoms. The summed E-state index contributed by atoms with van der Waals surface area (Å²) in [4.78, 5) is 11.9. The second kappa shape index (κ2) is 10.1. The summed E-state index contributed by atoms with van der Waals surface area (Å²) >= 11 is 0. The molecule has 0 bridgehead atoms. The Morgan fingerprint density at radius 1 is 1.07 bits per heavy atom. The molecule has 1 aliphatic heterocycles. The molecule has 2 aromatic rings. The molecule has 0 unspecified atom stereocenters. The fraction of sp³-hybridized carbons (Fsp3) is 0.478. The van der Waals surface area contributed by atoms with Gasteiger partial charge in [0.05, 0.1) is 6.54 Å². The van der Waals surface area contributed by atoms with Crippen LogP contribution in [0.25, 0.3) is 0 Å². The molecule has 3 rings (SSSR count). The zero-order chi connectivity index (χ0) is 19.8. The smallest absolute Gasteiger partial charge is 0.191 e. The van der Waals surface area contributed by atoms with Crippen LogP contribution in [-0.4, -0.2) is 36.6 Å². The maximum absolute atomic E-state index is 4.84. The molecule has 28 heavy (non-hydrogen) atoms. The Labute approximate surface area is 169 Å². The number of pyridine rings is 1. The van der Waals surface area contributed by atoms with Crippen LogP contribution in [-0.2, 0) is 13.0 Å². The lowest BCUT2D eigenvalue weighted by molar-refractivity contribution is 0.459. The first-order chi connectivity index (χ1) is 13.7. The molecular weight excluding hydrogens is 346 g/mol. The molecule has 1 saturated heterocycles. The summed E-state index contributed by atoms with van der Waals surface area (Å²) < 4.78 is 0. The summed E-state index contributed by atoms with van der Waals surface area (Å²) in [7, 11) is 0. The molecule has 0 saturated carbocycles. The Kier molecular flexibility index (Phi) is 7.29. The van der Waals surface area contributed by atoms with Crippen molar-refractivity contribution in [3.63, 3.8) is 0 Å². The second-order valence-corrected chi connectivity index (χ2v) is 7.36. The summed E-state index contributed by atoms with van der Waals surface area (Å²) in [5.74, 6) is 2.01. The molecule has 0 aliphatic carbocycles. The molecule has 1 fully saturated rings. The number of aromatic nitrogens is 1. The van der Waals surface area contributed by atoms with Gasteiger partial charge in [-0.25, -0.2) is 9.98 Å². The van der Waals surface area contributed by atoms with Crippen LogP contribution in [0.15, 0.2) is 47.5 Å². The van der Waals surface area contributed by atoms with Gasteiger partial charge in [0.15, 0.2) is 5.96 Å². The van der Waals surface area contributed by atoms with Crippen LogP contribution < -0.4 is 15.5 Å². The third-order valence-electron chi connectivity index (χ3n) is 5.28. The van der Waals surface area contributed by atoms with E-state index >= 15 is 0 Å². The normalized spacial score (nSPS) is 15.5. The number of aliphatic imine (C=N–C) groups is 1. The minimum absolute atomic E-state index is 0.445. The predicted molar refractivity (Wildman–Crippen MR) is 118 cm³/mol. The van der Waals surface area contributed by atoms with Crippen LogP contribution in [0.1, 0.15) is 43.5 Å². The highest BCUT2D eigenvalue weighted by Gasteiger charge is 2.21. The number of hydrogen-bond acceptors (Lipinski definition) is 3. The van der Waals surface area contributed by atoms with Crippen LogP contribution in [0.4, 0.5) is 5.82 Å². The third-order valence-corrected chi connectivity index (χ3v) is 5.28. The summed E-state index contributed by atoms with van der Waals surface area (Å²) in [6, 6.07) is 15.3. The number of guanidine groups is 1. The number of piperidine rings is 1. The van der Waals surface area contributed by atoms with Gasteiger partial charge in [-0.15, -0.1) is 0 Å². The predicted octanol–water partition coefficient (Wildman–Crippen LogP) is 3.68. The zero-order valence-corrected chi connectivity index (χ0v) is 17.4. The van der Waals surface area contributed by atoms with E-state index in [0.29, 0.717) is 12.6 Å². The fourth-order valence-corrected chi connectivity index (χ4v) is 3.69. The largest absolute Gasteiger partial charge is 0.357 e. The first kappa shape index (κ1) is 20.2. The molecule has 1 aromatic carbocycles. The van der Waals surface area contributed by atoms with E-state index in [-0.39, 0.29) is 0 Å². The van der Waals surface area contributed by atoms with Crippen molar-refractivity contribution in [3.8, 4) is 0 Å². The minimum atomic E-state index is 0.445. The first-order valence-corrected chi connectivity index (χ1v) is 10.5. The standard InChI is InChI=1S/C23H33N5/c1-4-19-10-6-7-11-20(19)17-25-23(24-5-2)27-21-13-15-28(16-14-21)22-12-8-9-18(3)26-22/h6-12,21H,4-5,13-17H2,1-3H3,(H2,24,25,27). The van der Waals surface area contributed by atoms with Gasteiger partial charge >= 0.3 is 0 Å². The Bertz CT molecular complexity index is 778. The lowest BCUT2D eigenvalue weighted by Gasteiger charge is -2.34. The highest BCUT2D eigenvalue weighted by atomic mass is 15.2. The van der Waals surface area contributed by atoms with Gasteiger partial charge in [0.25, 0.3) is 0 Å². The molecule has 0 atom stereocenters. The fourth-order valence-electron chi connectivity index (χ4n) is 3.69. The summed E-state index contributed by atoms with van der Waals surface area (Å²) in [5.41, 5.74) is 3.76. The molecule has 5 heteroatoms. The van der Waals surface area contributed by atoms with E-state index in [1.54, 1.807) is 0 Å². The lowest BCUT2D eigenvalue weighted by Crippen LogP contribution is -2.48. The number of aryl methyl sites for hydroxylation is 2. The maximum Gasteiger partial charge on any atom is 0.191 e. The van der Waals surface area contributed by atoms with Crippen molar-refractivity contribution in [3.05, 3.63) is 59.3 Å². The van der Waals surface area contributed by atoms with Gasteiger partial charge in [0.2, 0.25) is 0 Å². The Morgan fingerprint density at radius 3 is 2.50 bits per heavy atom. The van der Waals surface area contributed by atoms with Crippen molar-refractivity contribution in [2.24, 2.45) is 4.99 Å². The highest BCUT2D eigenvalue weighted by molar-refractivity contribution is 5.80. The van der Waals surface area contributed by atoms with Crippen molar-refractivity contribution in [2.75, 3.05) is 24.5 Å². The van der Waals surface area contributed by atoms with Crippen molar-refractivity contribution < 1.29 is 0 Å². The van der Waals surface area contributed by atoms with Crippen LogP contribution in [0.5, 0.6) is 0 Å². The van der Waals surface area contributed by atoms with Gasteiger partial charge in [-0.05, 0) is 56.4 Å². The summed E-state index contributed by atoms with van der Waals surface area (Å²) in [5, 5.41) is 7.04. The maximum atomic E-state index is 4.84. The van der Waals surface area contributed by atoms with Gasteiger partial charge < -0.3 is 15.5 Å². The van der Waals surface area contributed by atoms with Crippen molar-refractivity contribution in [1.29, 1.82) is 0 Å². The van der Waals surface area contributed by atoms with E-state index in [1.807, 2.05) is 13.0 Å². The van der Waals surface area contributed by atoms with Gasteiger partial charge in [-0.3, -0.25) is 0 Å². The van der Waals surface area contributed by atoms with Gasteiger partial charge in [0.1, 0.15) is 5.82 Å². The molecule has 0 radical (unpaired) electrons. The van der Waals surface area contributed by atoms with E-state index in [0.717, 1.165) is 56.4 Å². The number of hydrogen-bond donors (Lipinski definition) is 2. The number of rotatable bonds is 6. The average molecular weight is 380 g/mol. The Morgan fingerprint density at radius 2 is 1.82 bits per heavy atom. The summed E-state index contributed by atoms with van der Waals surface area (Å²) in [6.07, 6.45) is 3.22. The van der Waals surface area contributed by atoms with Crippen LogP contribution in [0.3, 0.4) is 0 Å². The quantitative estimate of drug-likeness (QED) is 0.594. The monoisotopic (exact) mass is 379 g/mol. The number of benzene rings is 1. The number of nitrogens with zero attached hydrogens (tertiary/aromatic N) is 3. The topological polar surface area (TPSA) is 52.6 Å². The second-order valence-electron chi connectivity index (χ2n) is 7.36. The van der Waals surface area contributed by atoms with Gasteiger partial charge in [-0.2, -0.15) is 0 Å². The molecule has 5 nitrogen and oxygen atoms in total. The van der Waals surface area contributed by atoms with E-state index < -0.39 is 0 Å². The van der Waals surface area contributed by atoms with Crippen molar-refractivity contribution in [1.82, 2.24) is 15.6 Å². The molecular formula is C23H33N5. The average Bonchev–Trinajstić information content (AvgIpc) is 2.73. The third kappa shape index (κ3) is 5.47. The van der Waals surface area contributed by atoms with Crippen LogP contribution in [0.2, 0.25) is 0 Å². The van der Waals surface area contributed by atoms with Crippen LogP contribution >= 0.6 is 0 Å². The molecule has 0 amide bonds. The lowest BCUT2D eigenvalue weighted by atomic mass is 10.0. The molecule has 150 valence electrons. The minimum Gasteiger partial charge on any atom is -0.357 e. The zero-order valence-electron chi connectivity index (χ0n) is 17.4. The molecule has 1 aliphatic rings. The van der Waals surface area contributed by atoms with Gasteiger partial charge in [-0.1, -0.05) is 37.3 Å². The number of nitrogens with one attached hydrogen (secondary N) is 2. The van der Waals surface area contributed by atoms with Crippen LogP contribution in [0, 0.1) is 6.92 Å². The van der Waals surface area contributed by atoms with E-state index in [2.05, 4.69) is 70.8 Å². The molecule has 1 aromatic heterocycles. The SMILES string of the molecule is CCNC(=NCc1ccccc1CC)NC1CCN(c2cccc(C)n2)CC1. The van der Waals surface area contributed by atoms with Crippen molar-refractivity contribution >= 4 is 11.8 Å². The van der Waals surface area contributed by atoms with Gasteiger partial charge in [0, 0.05) is 31.4 Å². The Hall–Kier alpha value is -2.56. The Balaban J connectivity index is 1.57. The van der Waals surface area contributed by atoms with E-state index in [4.69, 9.17) is 4.99 Å². The van der Waals surface area contributed by atoms with E-state index in [1.165, 1.54) is 11.1 Å². The first-order valence-electron chi connectivity index (χ1n) is 10.5. The molecule has 2 heterocycles. The summed E-state index contributed by atoms with van der Waals surface area (Å²) in [6.45, 7) is 9.98. The molecule has 2 N–H and O–H groups in total. The van der Waals surface area contributed by atoms with E-state index in [9.17, 15) is 0 Å². The number of anilines is 1. The highest BCUT2D eigenvalue weighted by Crippen LogP contribution is 2.18.